The minimum absolute atomic E-state index is 0.0394. The molecule has 3 aromatic rings. The van der Waals surface area contributed by atoms with Crippen LogP contribution in [0, 0.1) is 0 Å². The van der Waals surface area contributed by atoms with Crippen molar-refractivity contribution in [3.63, 3.8) is 0 Å². The van der Waals surface area contributed by atoms with Crippen LogP contribution in [0.5, 0.6) is 11.5 Å². The Bertz CT molecular complexity index is 1110. The second kappa shape index (κ2) is 9.27. The Morgan fingerprint density at radius 3 is 2.64 bits per heavy atom. The molecule has 172 valence electrons. The zero-order valence-corrected chi connectivity index (χ0v) is 19.0. The van der Waals surface area contributed by atoms with Gasteiger partial charge in [-0.15, -0.1) is 0 Å². The van der Waals surface area contributed by atoms with Crippen LogP contribution < -0.4 is 14.8 Å². The van der Waals surface area contributed by atoms with Crippen LogP contribution in [0.25, 0.3) is 0 Å². The third-order valence-corrected chi connectivity index (χ3v) is 6.54. The molecule has 0 spiro atoms. The molecular formula is C26H29N3O4. The highest BCUT2D eigenvalue weighted by Gasteiger charge is 2.37. The molecule has 7 nitrogen and oxygen atoms in total. The summed E-state index contributed by atoms with van der Waals surface area (Å²) in [6.07, 6.45) is 2.20. The van der Waals surface area contributed by atoms with Crippen molar-refractivity contribution in [1.29, 1.82) is 0 Å². The number of carbonyl (C=O) groups is 1. The van der Waals surface area contributed by atoms with Gasteiger partial charge in [0.1, 0.15) is 17.3 Å². The van der Waals surface area contributed by atoms with Crippen LogP contribution in [0.2, 0.25) is 0 Å². The fourth-order valence-corrected chi connectivity index (χ4v) is 4.65. The first kappa shape index (κ1) is 21.5. The van der Waals surface area contributed by atoms with Crippen molar-refractivity contribution >= 4 is 5.91 Å². The number of ether oxygens (including phenoxy) is 2. The van der Waals surface area contributed by atoms with Crippen LogP contribution >= 0.6 is 0 Å². The zero-order valence-electron chi connectivity index (χ0n) is 19.0. The Balaban J connectivity index is 1.40. The number of hydrogen-bond donors (Lipinski definition) is 1. The van der Waals surface area contributed by atoms with Crippen LogP contribution in [-0.2, 0) is 6.54 Å². The van der Waals surface area contributed by atoms with E-state index >= 15 is 0 Å². The number of nitrogens with one attached hydrogen (secondary N) is 1. The molecule has 1 amide bonds. The highest BCUT2D eigenvalue weighted by Crippen LogP contribution is 2.40. The first-order valence-electron chi connectivity index (χ1n) is 11.4. The van der Waals surface area contributed by atoms with Crippen LogP contribution in [-0.4, -0.2) is 49.3 Å². The van der Waals surface area contributed by atoms with Gasteiger partial charge in [-0.2, -0.15) is 0 Å². The lowest BCUT2D eigenvalue weighted by molar-refractivity contribution is 0.0925. The van der Waals surface area contributed by atoms with Crippen molar-refractivity contribution in [3.8, 4) is 11.5 Å². The van der Waals surface area contributed by atoms with E-state index in [2.05, 4.69) is 39.6 Å². The van der Waals surface area contributed by atoms with E-state index in [1.54, 1.807) is 20.3 Å². The fourth-order valence-electron chi connectivity index (χ4n) is 4.65. The monoisotopic (exact) mass is 447 g/mol. The summed E-state index contributed by atoms with van der Waals surface area (Å²) in [6, 6.07) is 17.9. The van der Waals surface area contributed by atoms with E-state index in [0.29, 0.717) is 11.6 Å². The highest BCUT2D eigenvalue weighted by molar-refractivity contribution is 5.92. The van der Waals surface area contributed by atoms with Gasteiger partial charge in [-0.3, -0.25) is 9.69 Å². The van der Waals surface area contributed by atoms with Gasteiger partial charge in [0, 0.05) is 43.1 Å². The molecule has 1 saturated carbocycles. The average Bonchev–Trinajstić information content (AvgIpc) is 3.44. The first-order chi connectivity index (χ1) is 16.1. The van der Waals surface area contributed by atoms with Crippen LogP contribution in [0.4, 0.5) is 0 Å². The van der Waals surface area contributed by atoms with Gasteiger partial charge >= 0.3 is 0 Å². The van der Waals surface area contributed by atoms with Gasteiger partial charge in [0.05, 0.1) is 20.3 Å². The number of hydrogen-bond acceptors (Lipinski definition) is 6. The third kappa shape index (κ3) is 4.73. The second-order valence-electron chi connectivity index (χ2n) is 8.86. The van der Waals surface area contributed by atoms with E-state index in [9.17, 15) is 4.79 Å². The number of aromatic nitrogens is 1. The molecule has 1 aliphatic carbocycles. The number of methoxy groups -OCH3 is 2. The van der Waals surface area contributed by atoms with Gasteiger partial charge in [-0.1, -0.05) is 35.5 Å². The topological polar surface area (TPSA) is 76.8 Å². The third-order valence-electron chi connectivity index (χ3n) is 6.54. The molecule has 1 N–H and O–H groups in total. The number of likely N-dealkylation sites (tertiary alicyclic amines) is 1. The largest absolute Gasteiger partial charge is 0.497 e. The fraction of sp³-hybridized carbons (Fsp3) is 0.385. The molecule has 1 saturated heterocycles. The predicted octanol–water partition coefficient (Wildman–Crippen LogP) is 3.97. The van der Waals surface area contributed by atoms with Crippen LogP contribution in [0.3, 0.4) is 0 Å². The maximum Gasteiger partial charge on any atom is 0.273 e. The van der Waals surface area contributed by atoms with Gasteiger partial charge in [-0.05, 0) is 36.6 Å². The highest BCUT2D eigenvalue weighted by atomic mass is 16.5. The van der Waals surface area contributed by atoms with Crippen molar-refractivity contribution in [3.05, 3.63) is 77.2 Å². The molecule has 5 rings (SSSR count). The molecule has 2 aliphatic rings. The summed E-state index contributed by atoms with van der Waals surface area (Å²) in [4.78, 5) is 15.4. The lowest BCUT2D eigenvalue weighted by Gasteiger charge is -2.22. The number of benzene rings is 2. The molecule has 7 heteroatoms. The zero-order chi connectivity index (χ0) is 22.8. The van der Waals surface area contributed by atoms with Gasteiger partial charge in [-0.25, -0.2) is 0 Å². The van der Waals surface area contributed by atoms with E-state index < -0.39 is 0 Å². The number of amides is 1. The van der Waals surface area contributed by atoms with Crippen molar-refractivity contribution < 1.29 is 18.8 Å². The summed E-state index contributed by atoms with van der Waals surface area (Å²) in [5.74, 6) is 2.62. The van der Waals surface area contributed by atoms with Gasteiger partial charge in [0.2, 0.25) is 0 Å². The molecule has 0 bridgehead atoms. The Labute approximate surface area is 193 Å². The molecule has 2 atom stereocenters. The lowest BCUT2D eigenvalue weighted by Crippen LogP contribution is -2.40. The van der Waals surface area contributed by atoms with Crippen molar-refractivity contribution in [2.45, 2.75) is 37.3 Å². The molecule has 1 aliphatic heterocycles. The van der Waals surface area contributed by atoms with Crippen molar-refractivity contribution in [2.75, 3.05) is 27.3 Å². The number of carbonyl (C=O) groups excluding carboxylic acids is 1. The lowest BCUT2D eigenvalue weighted by atomic mass is 9.93. The smallest absolute Gasteiger partial charge is 0.273 e. The molecule has 2 aromatic carbocycles. The normalized spacial score (nSPS) is 20.5. The molecule has 33 heavy (non-hydrogen) atoms. The molecule has 1 aromatic heterocycles. The Morgan fingerprint density at radius 2 is 1.91 bits per heavy atom. The van der Waals surface area contributed by atoms with Crippen molar-refractivity contribution in [2.24, 2.45) is 0 Å². The molecular weight excluding hydrogens is 418 g/mol. The SMILES string of the molecule is COc1ccc(OC)c([C@H]2CN(Cc3ccccc3)C[C@@H]2NC(=O)c2cc(C3CC3)on2)c1. The standard InChI is InChI=1S/C26H29N3O4/c1-31-19-10-11-24(32-2)20(12-19)21-15-29(14-17-6-4-3-5-7-17)16-23(21)27-26(30)22-13-25(33-28-22)18-8-9-18/h3-7,10-13,18,21,23H,8-9,14-16H2,1-2H3,(H,27,30)/t21-,23+/m1/s1. The minimum Gasteiger partial charge on any atom is -0.497 e. The quantitative estimate of drug-likeness (QED) is 0.563. The minimum atomic E-state index is -0.205. The average molecular weight is 448 g/mol. The summed E-state index contributed by atoms with van der Waals surface area (Å²) in [5.41, 5.74) is 2.61. The van der Waals surface area contributed by atoms with E-state index in [1.165, 1.54) is 5.56 Å². The Hall–Kier alpha value is -3.32. The summed E-state index contributed by atoms with van der Waals surface area (Å²) in [7, 11) is 3.33. The maximum absolute atomic E-state index is 13.1. The Morgan fingerprint density at radius 1 is 1.09 bits per heavy atom. The molecule has 0 radical (unpaired) electrons. The summed E-state index contributed by atoms with van der Waals surface area (Å²) >= 11 is 0. The predicted molar refractivity (Wildman–Crippen MR) is 124 cm³/mol. The van der Waals surface area contributed by atoms with Gasteiger partial charge in [0.25, 0.3) is 5.91 Å². The maximum atomic E-state index is 13.1. The molecule has 2 heterocycles. The van der Waals surface area contributed by atoms with E-state index in [4.69, 9.17) is 14.0 Å². The van der Waals surface area contributed by atoms with Crippen LogP contribution in [0.15, 0.2) is 59.1 Å². The summed E-state index contributed by atoms with van der Waals surface area (Å²) in [6.45, 7) is 2.32. The van der Waals surface area contributed by atoms with Crippen LogP contribution in [0.1, 0.15) is 52.1 Å². The van der Waals surface area contributed by atoms with E-state index in [-0.39, 0.29) is 17.9 Å². The molecule has 2 fully saturated rings. The van der Waals surface area contributed by atoms with Crippen molar-refractivity contribution in [1.82, 2.24) is 15.4 Å². The van der Waals surface area contributed by atoms with Gasteiger partial charge in [0.15, 0.2) is 5.69 Å². The van der Waals surface area contributed by atoms with Gasteiger partial charge < -0.3 is 19.3 Å². The molecule has 0 unspecified atom stereocenters. The second-order valence-corrected chi connectivity index (χ2v) is 8.86. The van der Waals surface area contributed by atoms with E-state index in [1.807, 2.05) is 24.3 Å². The number of nitrogens with zero attached hydrogens (tertiary/aromatic N) is 2. The summed E-state index contributed by atoms with van der Waals surface area (Å²) < 4.78 is 16.5. The van der Waals surface area contributed by atoms with E-state index in [0.717, 1.165) is 55.3 Å². The number of rotatable bonds is 8. The Kier molecular flexibility index (Phi) is 6.05. The summed E-state index contributed by atoms with van der Waals surface area (Å²) in [5, 5.41) is 7.24. The first-order valence-corrected chi connectivity index (χ1v) is 11.4.